The molecule has 0 rings (SSSR count). The van der Waals surface area contributed by atoms with Crippen molar-refractivity contribution in [1.29, 1.82) is 0 Å². The molecule has 6 nitrogen and oxygen atoms in total. The van der Waals surface area contributed by atoms with Gasteiger partial charge >= 0.3 is 11.9 Å². The van der Waals surface area contributed by atoms with E-state index in [-0.39, 0.29) is 12.5 Å². The summed E-state index contributed by atoms with van der Waals surface area (Å²) >= 11 is 0. The fourth-order valence-corrected chi connectivity index (χ4v) is 5.86. The van der Waals surface area contributed by atoms with Gasteiger partial charge < -0.3 is 15.2 Å². The predicted molar refractivity (Wildman–Crippen MR) is 185 cm³/mol. The van der Waals surface area contributed by atoms with E-state index in [1.807, 2.05) is 0 Å². The van der Waals surface area contributed by atoms with Gasteiger partial charge in [-0.05, 0) is 12.8 Å². The smallest absolute Gasteiger partial charge is 0.329 e. The molecule has 0 radical (unpaired) electrons. The van der Waals surface area contributed by atoms with Crippen LogP contribution in [0.15, 0.2) is 0 Å². The Morgan fingerprint density at radius 2 is 0.818 bits per heavy atom. The van der Waals surface area contributed by atoms with Gasteiger partial charge in [0.05, 0.1) is 13.0 Å². The zero-order valence-electron chi connectivity index (χ0n) is 29.3. The monoisotopic (exact) mass is 624 g/mol. The maximum atomic E-state index is 12.5. The lowest BCUT2D eigenvalue weighted by Crippen LogP contribution is -2.43. The van der Waals surface area contributed by atoms with E-state index in [4.69, 9.17) is 4.74 Å². The molecule has 0 bridgehead atoms. The van der Waals surface area contributed by atoms with E-state index in [1.165, 1.54) is 148 Å². The van der Waals surface area contributed by atoms with Crippen LogP contribution in [0.3, 0.4) is 0 Å². The molecule has 6 heteroatoms. The lowest BCUT2D eigenvalue weighted by Gasteiger charge is -2.16. The number of carboxylic acid groups (broad SMARTS) is 1. The second kappa shape index (κ2) is 34.3. The number of carbonyl (C=O) groups is 3. The molecule has 2 N–H and O–H groups in total. The summed E-state index contributed by atoms with van der Waals surface area (Å²) in [6, 6.07) is -1.11. The summed E-state index contributed by atoms with van der Waals surface area (Å²) in [6.07, 6.45) is 36.4. The van der Waals surface area contributed by atoms with Crippen LogP contribution in [0.4, 0.5) is 0 Å². The third-order valence-electron chi connectivity index (χ3n) is 8.75. The van der Waals surface area contributed by atoms with Crippen LogP contribution in [-0.4, -0.2) is 35.6 Å². The summed E-state index contributed by atoms with van der Waals surface area (Å²) in [5, 5.41) is 11.8. The van der Waals surface area contributed by atoms with Crippen LogP contribution in [0.1, 0.15) is 213 Å². The molecule has 0 unspecified atom stereocenters. The summed E-state index contributed by atoms with van der Waals surface area (Å²) in [6.45, 7) is 4.80. The van der Waals surface area contributed by atoms with Crippen LogP contribution < -0.4 is 5.32 Å². The van der Waals surface area contributed by atoms with Gasteiger partial charge in [-0.2, -0.15) is 0 Å². The van der Waals surface area contributed by atoms with E-state index in [0.29, 0.717) is 6.42 Å². The Balaban J connectivity index is 3.74. The molecule has 44 heavy (non-hydrogen) atoms. The molecule has 260 valence electrons. The standard InChI is InChI=1S/C38H73NO5/c1-3-5-7-9-11-13-15-17-19-20-22-24-26-28-30-32-36(40)39-35(34-37(41)42)38(43)44-33-31-29-27-25-23-21-18-16-14-12-10-8-6-4-2/h35H,3-34H2,1-2H3,(H,39,40)(H,41,42)/t35-/m0/s1. The second-order valence-corrected chi connectivity index (χ2v) is 13.2. The lowest BCUT2D eigenvalue weighted by molar-refractivity contribution is -0.151. The fraction of sp³-hybridized carbons (Fsp3) is 0.921. The predicted octanol–water partition coefficient (Wildman–Crippen LogP) is 11.2. The van der Waals surface area contributed by atoms with E-state index in [9.17, 15) is 19.5 Å². The molecule has 0 fully saturated rings. The van der Waals surface area contributed by atoms with Gasteiger partial charge in [-0.15, -0.1) is 0 Å². The first-order valence-corrected chi connectivity index (χ1v) is 19.2. The molecule has 1 atom stereocenters. The van der Waals surface area contributed by atoms with E-state index in [2.05, 4.69) is 19.2 Å². The molecule has 0 aromatic carbocycles. The number of aliphatic carboxylic acids is 1. The highest BCUT2D eigenvalue weighted by molar-refractivity contribution is 5.87. The molecule has 0 saturated carbocycles. The number of esters is 1. The maximum absolute atomic E-state index is 12.5. The van der Waals surface area contributed by atoms with Gasteiger partial charge in [0.25, 0.3) is 0 Å². The minimum absolute atomic E-state index is 0.264. The third kappa shape index (κ3) is 31.8. The summed E-state index contributed by atoms with van der Waals surface area (Å²) < 4.78 is 5.33. The van der Waals surface area contributed by atoms with Crippen molar-refractivity contribution in [3.05, 3.63) is 0 Å². The zero-order valence-corrected chi connectivity index (χ0v) is 29.3. The molecule has 0 saturated heterocycles. The van der Waals surface area contributed by atoms with Crippen LogP contribution in [-0.2, 0) is 19.1 Å². The number of carboxylic acids is 1. The number of ether oxygens (including phenoxy) is 1. The van der Waals surface area contributed by atoms with Crippen molar-refractivity contribution in [3.8, 4) is 0 Å². The third-order valence-corrected chi connectivity index (χ3v) is 8.75. The van der Waals surface area contributed by atoms with Crippen LogP contribution in [0.5, 0.6) is 0 Å². The van der Waals surface area contributed by atoms with Crippen molar-refractivity contribution in [2.75, 3.05) is 6.61 Å². The van der Waals surface area contributed by atoms with Crippen molar-refractivity contribution < 1.29 is 24.2 Å². The van der Waals surface area contributed by atoms with Crippen molar-refractivity contribution in [3.63, 3.8) is 0 Å². The summed E-state index contributed by atoms with van der Waals surface area (Å²) in [5.41, 5.74) is 0. The van der Waals surface area contributed by atoms with E-state index < -0.39 is 24.4 Å². The minimum atomic E-state index is -1.12. The van der Waals surface area contributed by atoms with E-state index >= 15 is 0 Å². The van der Waals surface area contributed by atoms with Crippen LogP contribution in [0.2, 0.25) is 0 Å². The molecule has 0 aromatic rings. The number of nitrogens with one attached hydrogen (secondary N) is 1. The number of unbranched alkanes of at least 4 members (excludes halogenated alkanes) is 27. The van der Waals surface area contributed by atoms with Crippen LogP contribution in [0, 0.1) is 0 Å². The minimum Gasteiger partial charge on any atom is -0.481 e. The SMILES string of the molecule is CCCCCCCCCCCCCCCCCC(=O)N[C@@H](CC(=O)O)C(=O)OCCCCCCCCCCCCCCCC. The zero-order chi connectivity index (χ0) is 32.4. The number of rotatable bonds is 35. The first-order chi connectivity index (χ1) is 21.5. The number of amides is 1. The van der Waals surface area contributed by atoms with Crippen molar-refractivity contribution in [1.82, 2.24) is 5.32 Å². The van der Waals surface area contributed by atoms with E-state index in [0.717, 1.165) is 38.5 Å². The second-order valence-electron chi connectivity index (χ2n) is 13.2. The average molecular weight is 624 g/mol. The Morgan fingerprint density at radius 3 is 1.16 bits per heavy atom. The Kier molecular flexibility index (Phi) is 33.0. The summed E-state index contributed by atoms with van der Waals surface area (Å²) in [4.78, 5) is 36.1. The van der Waals surface area contributed by atoms with Crippen molar-refractivity contribution >= 4 is 17.8 Å². The first kappa shape index (κ1) is 42.4. The van der Waals surface area contributed by atoms with Crippen molar-refractivity contribution in [2.24, 2.45) is 0 Å². The Morgan fingerprint density at radius 1 is 0.500 bits per heavy atom. The van der Waals surface area contributed by atoms with Gasteiger partial charge in [-0.25, -0.2) is 4.79 Å². The number of hydrogen-bond donors (Lipinski definition) is 2. The molecule has 1 amide bonds. The molecule has 0 aliphatic heterocycles. The molecular formula is C38H73NO5. The Labute approximate surface area is 272 Å². The largest absolute Gasteiger partial charge is 0.481 e. The fourth-order valence-electron chi connectivity index (χ4n) is 5.86. The van der Waals surface area contributed by atoms with Gasteiger partial charge in [0.1, 0.15) is 6.04 Å². The Bertz CT molecular complexity index is 653. The molecule has 0 spiro atoms. The van der Waals surface area contributed by atoms with Gasteiger partial charge in [0.15, 0.2) is 0 Å². The molecular weight excluding hydrogens is 550 g/mol. The van der Waals surface area contributed by atoms with E-state index in [1.54, 1.807) is 0 Å². The molecule has 0 aromatic heterocycles. The first-order valence-electron chi connectivity index (χ1n) is 19.2. The highest BCUT2D eigenvalue weighted by Crippen LogP contribution is 2.15. The van der Waals surface area contributed by atoms with Crippen molar-refractivity contribution in [2.45, 2.75) is 219 Å². The lowest BCUT2D eigenvalue weighted by atomic mass is 10.0. The molecule has 0 heterocycles. The van der Waals surface area contributed by atoms with Gasteiger partial charge in [-0.3, -0.25) is 9.59 Å². The number of carbonyl (C=O) groups excluding carboxylic acids is 2. The Hall–Kier alpha value is -1.59. The number of hydrogen-bond acceptors (Lipinski definition) is 4. The quantitative estimate of drug-likeness (QED) is 0.0541. The highest BCUT2D eigenvalue weighted by atomic mass is 16.5. The summed E-state index contributed by atoms with van der Waals surface area (Å²) in [7, 11) is 0. The maximum Gasteiger partial charge on any atom is 0.329 e. The van der Waals surface area contributed by atoms with Crippen LogP contribution >= 0.6 is 0 Å². The van der Waals surface area contributed by atoms with Gasteiger partial charge in [0, 0.05) is 6.42 Å². The van der Waals surface area contributed by atoms with Gasteiger partial charge in [0.2, 0.25) is 5.91 Å². The molecule has 0 aliphatic carbocycles. The average Bonchev–Trinajstić information content (AvgIpc) is 3.00. The summed E-state index contributed by atoms with van der Waals surface area (Å²) in [5.74, 6) is -2.01. The topological polar surface area (TPSA) is 92.7 Å². The molecule has 0 aliphatic rings. The highest BCUT2D eigenvalue weighted by Gasteiger charge is 2.25. The normalized spacial score (nSPS) is 11.9. The van der Waals surface area contributed by atoms with Crippen LogP contribution in [0.25, 0.3) is 0 Å². The van der Waals surface area contributed by atoms with Gasteiger partial charge in [-0.1, -0.05) is 187 Å².